The number of hydrogen-bond donors (Lipinski definition) is 2. The van der Waals surface area contributed by atoms with E-state index < -0.39 is 10.0 Å². The average Bonchev–Trinajstić information content (AvgIpc) is 2.47. The summed E-state index contributed by atoms with van der Waals surface area (Å²) < 4.78 is 26.1. The van der Waals surface area contributed by atoms with Crippen molar-refractivity contribution in [2.75, 3.05) is 7.05 Å². The molecule has 110 valence electrons. The van der Waals surface area contributed by atoms with Crippen LogP contribution in [0.4, 0.5) is 5.69 Å². The Morgan fingerprint density at radius 3 is 2.57 bits per heavy atom. The molecule has 0 aromatic heterocycles. The maximum absolute atomic E-state index is 11.9. The molecule has 0 amide bonds. The molecular formula is C15H16N2O3S. The lowest BCUT2D eigenvalue weighted by atomic mass is 10.2. The van der Waals surface area contributed by atoms with Crippen LogP contribution in [-0.2, 0) is 10.0 Å². The first kappa shape index (κ1) is 15.2. The summed E-state index contributed by atoms with van der Waals surface area (Å²) in [5.74, 6) is 0.122. The third-order valence-electron chi connectivity index (χ3n) is 3.02. The molecule has 0 saturated carbocycles. The van der Waals surface area contributed by atoms with Gasteiger partial charge in [-0.25, -0.2) is 13.1 Å². The van der Waals surface area contributed by atoms with Crippen LogP contribution in [0.25, 0.3) is 0 Å². The predicted octanol–water partition coefficient (Wildman–Crippen LogP) is 2.36. The maximum Gasteiger partial charge on any atom is 0.240 e. The number of aliphatic imine (C=N–C) groups is 1. The Labute approximate surface area is 124 Å². The van der Waals surface area contributed by atoms with Gasteiger partial charge in [-0.2, -0.15) is 0 Å². The monoisotopic (exact) mass is 304 g/mol. The summed E-state index contributed by atoms with van der Waals surface area (Å²) in [6.07, 6.45) is 1.50. The minimum Gasteiger partial charge on any atom is -0.507 e. The van der Waals surface area contributed by atoms with Gasteiger partial charge >= 0.3 is 0 Å². The lowest BCUT2D eigenvalue weighted by molar-refractivity contribution is 0.474. The molecular weight excluding hydrogens is 288 g/mol. The average molecular weight is 304 g/mol. The van der Waals surface area contributed by atoms with Crippen molar-refractivity contribution in [3.8, 4) is 5.75 Å². The van der Waals surface area contributed by atoms with Crippen LogP contribution in [0.15, 0.2) is 52.4 Å². The molecule has 0 spiro atoms. The molecule has 0 saturated heterocycles. The summed E-state index contributed by atoms with van der Waals surface area (Å²) in [4.78, 5) is 4.40. The minimum absolute atomic E-state index is 0.122. The van der Waals surface area contributed by atoms with Crippen molar-refractivity contribution < 1.29 is 13.5 Å². The Hall–Kier alpha value is -2.18. The summed E-state index contributed by atoms with van der Waals surface area (Å²) in [7, 11) is -2.15. The highest BCUT2D eigenvalue weighted by atomic mass is 32.2. The number of nitrogens with one attached hydrogen (secondary N) is 1. The van der Waals surface area contributed by atoms with Crippen molar-refractivity contribution in [3.05, 3.63) is 53.6 Å². The Kier molecular flexibility index (Phi) is 4.40. The van der Waals surface area contributed by atoms with Crippen molar-refractivity contribution in [2.24, 2.45) is 4.99 Å². The number of aryl methyl sites for hydroxylation is 1. The highest BCUT2D eigenvalue weighted by Gasteiger charge is 2.14. The van der Waals surface area contributed by atoms with Gasteiger partial charge in [-0.15, -0.1) is 0 Å². The largest absolute Gasteiger partial charge is 0.507 e. The van der Waals surface area contributed by atoms with E-state index in [1.54, 1.807) is 43.3 Å². The van der Waals surface area contributed by atoms with Gasteiger partial charge in [-0.05, 0) is 43.8 Å². The van der Waals surface area contributed by atoms with E-state index in [0.29, 0.717) is 16.8 Å². The zero-order valence-electron chi connectivity index (χ0n) is 11.7. The second-order valence-corrected chi connectivity index (χ2v) is 6.33. The van der Waals surface area contributed by atoms with Crippen LogP contribution in [0, 0.1) is 6.92 Å². The summed E-state index contributed by atoms with van der Waals surface area (Å²) in [6.45, 7) is 1.72. The predicted molar refractivity (Wildman–Crippen MR) is 82.8 cm³/mol. The summed E-state index contributed by atoms with van der Waals surface area (Å²) in [5, 5.41) is 9.66. The first-order valence-corrected chi connectivity index (χ1v) is 7.78. The number of sulfonamides is 1. The summed E-state index contributed by atoms with van der Waals surface area (Å²) in [5.41, 5.74) is 1.71. The Bertz CT molecular complexity index is 783. The number of phenols is 1. The molecule has 0 atom stereocenters. The van der Waals surface area contributed by atoms with Crippen LogP contribution >= 0.6 is 0 Å². The van der Waals surface area contributed by atoms with Crippen LogP contribution in [0.5, 0.6) is 5.75 Å². The third-order valence-corrected chi connectivity index (χ3v) is 4.58. The Morgan fingerprint density at radius 2 is 1.90 bits per heavy atom. The third kappa shape index (κ3) is 3.48. The van der Waals surface area contributed by atoms with Crippen molar-refractivity contribution in [1.29, 1.82) is 0 Å². The van der Waals surface area contributed by atoms with Gasteiger partial charge in [-0.1, -0.05) is 18.2 Å². The second kappa shape index (κ2) is 6.07. The number of rotatable bonds is 4. The van der Waals surface area contributed by atoms with Crippen LogP contribution in [0.3, 0.4) is 0 Å². The second-order valence-electron chi connectivity index (χ2n) is 4.47. The molecule has 21 heavy (non-hydrogen) atoms. The number of para-hydroxylation sites is 1. The van der Waals surface area contributed by atoms with Crippen LogP contribution in [0.2, 0.25) is 0 Å². The zero-order valence-corrected chi connectivity index (χ0v) is 12.6. The highest BCUT2D eigenvalue weighted by molar-refractivity contribution is 7.89. The topological polar surface area (TPSA) is 78.8 Å². The van der Waals surface area contributed by atoms with Gasteiger partial charge < -0.3 is 5.11 Å². The van der Waals surface area contributed by atoms with Crippen LogP contribution < -0.4 is 4.72 Å². The van der Waals surface area contributed by atoms with E-state index in [-0.39, 0.29) is 10.6 Å². The van der Waals surface area contributed by atoms with Gasteiger partial charge in [0.2, 0.25) is 10.0 Å². The number of hydrogen-bond acceptors (Lipinski definition) is 4. The normalized spacial score (nSPS) is 11.9. The smallest absolute Gasteiger partial charge is 0.240 e. The van der Waals surface area contributed by atoms with Gasteiger partial charge in [0.15, 0.2) is 0 Å². The van der Waals surface area contributed by atoms with Crippen molar-refractivity contribution in [2.45, 2.75) is 11.8 Å². The van der Waals surface area contributed by atoms with Crippen LogP contribution in [0.1, 0.15) is 11.1 Å². The van der Waals surface area contributed by atoms with Gasteiger partial charge in [0, 0.05) is 11.8 Å². The molecule has 0 aliphatic carbocycles. The molecule has 0 heterocycles. The lowest BCUT2D eigenvalue weighted by Crippen LogP contribution is -2.19. The molecule has 0 bridgehead atoms. The number of benzene rings is 2. The summed E-state index contributed by atoms with van der Waals surface area (Å²) >= 11 is 0. The fourth-order valence-corrected chi connectivity index (χ4v) is 2.80. The fourth-order valence-electron chi connectivity index (χ4n) is 1.81. The summed E-state index contributed by atoms with van der Waals surface area (Å²) in [6, 6.07) is 11.7. The van der Waals surface area contributed by atoms with E-state index in [9.17, 15) is 13.5 Å². The molecule has 2 rings (SSSR count). The van der Waals surface area contributed by atoms with Crippen molar-refractivity contribution >= 4 is 21.9 Å². The van der Waals surface area contributed by atoms with Gasteiger partial charge in [0.25, 0.3) is 0 Å². The standard InChI is InChI=1S/C15H16N2O3S/c1-11-7-8-13(9-15(11)21(19,20)16-2)17-10-12-5-3-4-6-14(12)18/h3-10,16,18H,1-2H3. The Morgan fingerprint density at radius 1 is 1.19 bits per heavy atom. The van der Waals surface area contributed by atoms with Crippen LogP contribution in [-0.4, -0.2) is 26.8 Å². The molecule has 0 aliphatic heterocycles. The van der Waals surface area contributed by atoms with E-state index >= 15 is 0 Å². The van der Waals surface area contributed by atoms with Crippen molar-refractivity contribution in [1.82, 2.24) is 4.72 Å². The molecule has 0 fully saturated rings. The molecule has 0 radical (unpaired) electrons. The molecule has 0 unspecified atom stereocenters. The number of nitrogens with zero attached hydrogens (tertiary/aromatic N) is 1. The minimum atomic E-state index is -3.52. The number of phenolic OH excluding ortho intramolecular Hbond substituents is 1. The number of aromatic hydroxyl groups is 1. The zero-order chi connectivity index (χ0) is 15.5. The SMILES string of the molecule is CNS(=O)(=O)c1cc(N=Cc2ccccc2O)ccc1C. The first-order chi connectivity index (χ1) is 9.94. The maximum atomic E-state index is 11.9. The van der Waals surface area contributed by atoms with E-state index in [0.717, 1.165) is 0 Å². The van der Waals surface area contributed by atoms with Gasteiger partial charge in [-0.3, -0.25) is 4.99 Å². The van der Waals surface area contributed by atoms with Gasteiger partial charge in [0.05, 0.1) is 10.6 Å². The lowest BCUT2D eigenvalue weighted by Gasteiger charge is -2.07. The van der Waals surface area contributed by atoms with Crippen molar-refractivity contribution in [3.63, 3.8) is 0 Å². The molecule has 2 aromatic rings. The van der Waals surface area contributed by atoms with E-state index in [1.807, 2.05) is 0 Å². The van der Waals surface area contributed by atoms with E-state index in [4.69, 9.17) is 0 Å². The molecule has 2 N–H and O–H groups in total. The fraction of sp³-hybridized carbons (Fsp3) is 0.133. The van der Waals surface area contributed by atoms with E-state index in [2.05, 4.69) is 9.71 Å². The Balaban J connectivity index is 2.39. The quantitative estimate of drug-likeness (QED) is 0.851. The molecule has 2 aromatic carbocycles. The molecule has 6 heteroatoms. The highest BCUT2D eigenvalue weighted by Crippen LogP contribution is 2.22. The molecule has 5 nitrogen and oxygen atoms in total. The molecule has 0 aliphatic rings. The van der Waals surface area contributed by atoms with Gasteiger partial charge in [0.1, 0.15) is 5.75 Å². The van der Waals surface area contributed by atoms with E-state index in [1.165, 1.54) is 19.3 Å². The first-order valence-electron chi connectivity index (χ1n) is 6.30.